The molecule has 0 fully saturated rings. The molecule has 0 amide bonds. The number of aliphatic imine (C=N–C) groups is 2. The first-order chi connectivity index (χ1) is 31.5. The predicted molar refractivity (Wildman–Crippen MR) is 269 cm³/mol. The summed E-state index contributed by atoms with van der Waals surface area (Å²) in [6.07, 6.45) is 10.8. The van der Waals surface area contributed by atoms with Crippen LogP contribution in [0.5, 0.6) is 23.0 Å². The molecule has 1 aromatic heterocycles. The molecule has 0 aliphatic rings. The Labute approximate surface area is 389 Å². The van der Waals surface area contributed by atoms with Crippen molar-refractivity contribution in [1.82, 2.24) is 4.98 Å². The minimum Gasteiger partial charge on any atom is -0.493 e. The Morgan fingerprint density at radius 3 is 1.66 bits per heavy atom. The van der Waals surface area contributed by atoms with E-state index in [1.54, 1.807) is 33.3 Å². The van der Waals surface area contributed by atoms with Crippen LogP contribution in [0.1, 0.15) is 125 Å². The van der Waals surface area contributed by atoms with Crippen molar-refractivity contribution < 1.29 is 28.5 Å². The van der Waals surface area contributed by atoms with Crippen LogP contribution in [-0.4, -0.2) is 43.7 Å². The third-order valence-electron chi connectivity index (χ3n) is 11.0. The molecule has 1 heterocycles. The summed E-state index contributed by atoms with van der Waals surface area (Å²) in [6, 6.07) is 30.4. The number of carbonyl (C=O) groups excluding carboxylic acids is 2. The molecule has 2 unspecified atom stereocenters. The van der Waals surface area contributed by atoms with E-state index in [2.05, 4.69) is 89.4 Å². The van der Waals surface area contributed by atoms with E-state index < -0.39 is 0 Å². The molecule has 9 heteroatoms. The minimum atomic E-state index is -0.0998. The SMILES string of the molecule is CC.CC=O.CCCC(C=Nc1cc(OCc2cccc(COc3cc(N=CC(Cc4ccccc4CC)C(C)C)c(C(C)=O)cc3OC)n2)c(OC)cc1C)Cc1ccccc1CC. The van der Waals surface area contributed by atoms with E-state index in [1.807, 2.05) is 57.3 Å². The highest BCUT2D eigenvalue weighted by Crippen LogP contribution is 2.37. The number of hydrogen-bond donors (Lipinski definition) is 0. The molecule has 0 radical (unpaired) electrons. The predicted octanol–water partition coefficient (Wildman–Crippen LogP) is 13.7. The fourth-order valence-corrected chi connectivity index (χ4v) is 7.43. The Morgan fingerprint density at radius 2 is 1.17 bits per heavy atom. The second-order valence-electron chi connectivity index (χ2n) is 16.0. The topological polar surface area (TPSA) is 109 Å². The molecule has 65 heavy (non-hydrogen) atoms. The van der Waals surface area contributed by atoms with E-state index in [-0.39, 0.29) is 24.9 Å². The van der Waals surface area contributed by atoms with Crippen LogP contribution in [0.3, 0.4) is 0 Å². The van der Waals surface area contributed by atoms with E-state index in [4.69, 9.17) is 38.7 Å². The highest BCUT2D eigenvalue weighted by atomic mass is 16.5. The van der Waals surface area contributed by atoms with Gasteiger partial charge in [-0.2, -0.15) is 0 Å². The molecule has 0 bridgehead atoms. The zero-order valence-electron chi connectivity index (χ0n) is 41.1. The van der Waals surface area contributed by atoms with E-state index in [1.165, 1.54) is 29.2 Å². The van der Waals surface area contributed by atoms with Gasteiger partial charge in [-0.25, -0.2) is 0 Å². The molecule has 0 saturated heterocycles. The van der Waals surface area contributed by atoms with E-state index in [9.17, 15) is 4.79 Å². The van der Waals surface area contributed by atoms with Crippen molar-refractivity contribution in [1.29, 1.82) is 0 Å². The molecule has 5 rings (SSSR count). The standard InChI is InChI=1S/C52H63N3O5.C2H4O.C2H6/c1-10-18-38(26-41-21-15-13-19-39(41)11-2)31-53-47-29-51(49(57-8)25-36(47)6)59-33-44-23-17-24-45(55-44)34-60-52-30-48(46(37(7)56)28-50(52)58-9)54-32-43(35(4)5)27-42-22-16-14-20-40(42)12-3;1-2-3;1-2/h13-17,19-25,28-32,35,38,43H,10-12,18,26-27,33-34H2,1-9H3;2H,1H3;1-2H3. The maximum absolute atomic E-state index is 12.8. The average Bonchev–Trinajstić information content (AvgIpc) is 3.32. The first-order valence-corrected chi connectivity index (χ1v) is 23.2. The Balaban J connectivity index is 0.00000215. The monoisotopic (exact) mass is 884 g/mol. The number of benzene rings is 4. The normalized spacial score (nSPS) is 11.9. The Morgan fingerprint density at radius 1 is 0.677 bits per heavy atom. The van der Waals surface area contributed by atoms with Crippen molar-refractivity contribution in [2.75, 3.05) is 14.2 Å². The van der Waals surface area contributed by atoms with Crippen LogP contribution >= 0.6 is 0 Å². The fraction of sp³-hybridized carbons (Fsp3) is 0.411. The number of hydrogen-bond acceptors (Lipinski definition) is 9. The molecular weight excluding hydrogens is 811 g/mol. The Hall–Kier alpha value is -6.09. The van der Waals surface area contributed by atoms with Gasteiger partial charge < -0.3 is 23.7 Å². The molecule has 4 aromatic carbocycles. The Kier molecular flexibility index (Phi) is 23.5. The molecule has 0 aliphatic heterocycles. The molecule has 0 spiro atoms. The lowest BCUT2D eigenvalue weighted by atomic mass is 9.88. The van der Waals surface area contributed by atoms with Gasteiger partial charge in [0, 0.05) is 36.0 Å². The molecular formula is C56H73N3O6. The van der Waals surface area contributed by atoms with Gasteiger partial charge in [-0.15, -0.1) is 0 Å². The summed E-state index contributed by atoms with van der Waals surface area (Å²) in [4.78, 5) is 36.4. The highest BCUT2D eigenvalue weighted by molar-refractivity contribution is 6.00. The number of ether oxygens (including phenoxy) is 4. The molecule has 9 nitrogen and oxygen atoms in total. The third-order valence-corrected chi connectivity index (χ3v) is 11.0. The summed E-state index contributed by atoms with van der Waals surface area (Å²) < 4.78 is 24.1. The van der Waals surface area contributed by atoms with Gasteiger partial charge in [0.15, 0.2) is 28.8 Å². The van der Waals surface area contributed by atoms with Crippen LogP contribution in [0, 0.1) is 24.7 Å². The van der Waals surface area contributed by atoms with Crippen LogP contribution in [0.4, 0.5) is 11.4 Å². The second kappa shape index (κ2) is 28.7. The van der Waals surface area contributed by atoms with Gasteiger partial charge in [0.1, 0.15) is 19.5 Å². The van der Waals surface area contributed by atoms with Gasteiger partial charge in [0.25, 0.3) is 0 Å². The second-order valence-corrected chi connectivity index (χ2v) is 16.0. The summed E-state index contributed by atoms with van der Waals surface area (Å²) in [6.45, 7) is 20.4. The molecule has 348 valence electrons. The summed E-state index contributed by atoms with van der Waals surface area (Å²) in [5.74, 6) is 2.91. The number of carbonyl (C=O) groups is 2. The van der Waals surface area contributed by atoms with E-state index in [0.29, 0.717) is 51.8 Å². The van der Waals surface area contributed by atoms with Crippen molar-refractivity contribution in [3.8, 4) is 23.0 Å². The lowest BCUT2D eigenvalue weighted by Gasteiger charge is -2.19. The number of ketones is 1. The summed E-state index contributed by atoms with van der Waals surface area (Å²) in [5, 5.41) is 0. The maximum Gasteiger partial charge on any atom is 0.163 e. The zero-order valence-corrected chi connectivity index (χ0v) is 41.1. The number of aromatic nitrogens is 1. The number of rotatable bonds is 22. The van der Waals surface area contributed by atoms with Crippen LogP contribution in [-0.2, 0) is 43.7 Å². The number of pyridine rings is 1. The van der Waals surface area contributed by atoms with Crippen molar-refractivity contribution in [2.45, 2.75) is 121 Å². The van der Waals surface area contributed by atoms with E-state index >= 15 is 0 Å². The number of aryl methyl sites for hydroxylation is 3. The fourth-order valence-electron chi connectivity index (χ4n) is 7.43. The zero-order chi connectivity index (χ0) is 47.7. The van der Waals surface area contributed by atoms with Crippen LogP contribution in [0.2, 0.25) is 0 Å². The van der Waals surface area contributed by atoms with Crippen molar-refractivity contribution >= 4 is 35.9 Å². The van der Waals surface area contributed by atoms with Gasteiger partial charge in [0.2, 0.25) is 0 Å². The first kappa shape index (κ1) is 53.2. The van der Waals surface area contributed by atoms with Gasteiger partial charge in [-0.05, 0) is 117 Å². The number of Topliss-reactive ketones (excluding diaryl/α,β-unsaturated/α-hetero) is 1. The number of nitrogens with zero attached hydrogens (tertiary/aromatic N) is 3. The first-order valence-electron chi connectivity index (χ1n) is 23.2. The highest BCUT2D eigenvalue weighted by Gasteiger charge is 2.18. The summed E-state index contributed by atoms with van der Waals surface area (Å²) >= 11 is 0. The molecule has 0 saturated carbocycles. The third kappa shape index (κ3) is 16.4. The van der Waals surface area contributed by atoms with Crippen molar-refractivity contribution in [3.05, 3.63) is 136 Å². The summed E-state index contributed by atoms with van der Waals surface area (Å²) in [5.41, 5.74) is 9.76. The van der Waals surface area contributed by atoms with Gasteiger partial charge in [-0.3, -0.25) is 19.8 Å². The smallest absolute Gasteiger partial charge is 0.163 e. The Bertz CT molecular complexity index is 2300. The molecule has 5 aromatic rings. The number of methoxy groups -OCH3 is 2. The molecule has 2 atom stereocenters. The maximum atomic E-state index is 12.8. The summed E-state index contributed by atoms with van der Waals surface area (Å²) in [7, 11) is 3.21. The average molecular weight is 884 g/mol. The quantitative estimate of drug-likeness (QED) is 0.0387. The molecule has 0 N–H and O–H groups in total. The largest absolute Gasteiger partial charge is 0.493 e. The molecule has 0 aliphatic carbocycles. The lowest BCUT2D eigenvalue weighted by Crippen LogP contribution is -2.14. The van der Waals surface area contributed by atoms with Crippen LogP contribution < -0.4 is 18.9 Å². The minimum absolute atomic E-state index is 0.0998. The van der Waals surface area contributed by atoms with Gasteiger partial charge in [-0.1, -0.05) is 109 Å². The van der Waals surface area contributed by atoms with Gasteiger partial charge >= 0.3 is 0 Å². The van der Waals surface area contributed by atoms with Crippen LogP contribution in [0.15, 0.2) is 101 Å². The van der Waals surface area contributed by atoms with Crippen LogP contribution in [0.25, 0.3) is 0 Å². The van der Waals surface area contributed by atoms with Gasteiger partial charge in [0.05, 0.1) is 37.0 Å². The number of aldehydes is 1. The van der Waals surface area contributed by atoms with E-state index in [0.717, 1.165) is 61.8 Å². The lowest BCUT2D eigenvalue weighted by molar-refractivity contribution is -0.106. The van der Waals surface area contributed by atoms with Crippen molar-refractivity contribution in [3.63, 3.8) is 0 Å². The van der Waals surface area contributed by atoms with Crippen molar-refractivity contribution in [2.24, 2.45) is 27.7 Å².